The summed E-state index contributed by atoms with van der Waals surface area (Å²) < 4.78 is 5.12. The minimum absolute atomic E-state index is 0.0898. The molecule has 21 heavy (non-hydrogen) atoms. The first-order valence-electron chi connectivity index (χ1n) is 7.20. The fourth-order valence-electron chi connectivity index (χ4n) is 3.51. The van der Waals surface area contributed by atoms with E-state index in [0.717, 1.165) is 32.7 Å². The Morgan fingerprint density at radius 2 is 2.14 bits per heavy atom. The van der Waals surface area contributed by atoms with Crippen LogP contribution in [0, 0.1) is 11.8 Å². The molecule has 0 aliphatic carbocycles. The van der Waals surface area contributed by atoms with Crippen LogP contribution in [0.2, 0.25) is 0 Å². The van der Waals surface area contributed by atoms with Crippen molar-refractivity contribution < 1.29 is 9.21 Å². The van der Waals surface area contributed by atoms with Crippen molar-refractivity contribution >= 4 is 17.2 Å². The summed E-state index contributed by atoms with van der Waals surface area (Å²) in [5.41, 5.74) is 3.54. The molecule has 2 aromatic rings. The summed E-state index contributed by atoms with van der Waals surface area (Å²) in [6, 6.07) is 2.02. The highest BCUT2D eigenvalue weighted by Gasteiger charge is 2.41. The number of rotatable bonds is 3. The Bertz CT molecular complexity index is 597. The molecule has 4 rings (SSSR count). The van der Waals surface area contributed by atoms with Crippen LogP contribution in [-0.4, -0.2) is 46.9 Å². The number of amides is 1. The molecule has 0 bridgehead atoms. The van der Waals surface area contributed by atoms with E-state index in [1.54, 1.807) is 11.8 Å². The van der Waals surface area contributed by atoms with Crippen molar-refractivity contribution in [2.24, 2.45) is 11.8 Å². The van der Waals surface area contributed by atoms with E-state index in [-0.39, 0.29) is 5.91 Å². The van der Waals surface area contributed by atoms with Crippen LogP contribution in [0.25, 0.3) is 0 Å². The molecule has 2 aromatic heterocycles. The predicted octanol–water partition coefficient (Wildman–Crippen LogP) is 1.94. The van der Waals surface area contributed by atoms with Crippen LogP contribution in [-0.2, 0) is 6.54 Å². The maximum atomic E-state index is 12.3. The molecule has 0 saturated carbocycles. The van der Waals surface area contributed by atoms with Gasteiger partial charge in [-0.25, -0.2) is 4.98 Å². The molecule has 6 heteroatoms. The average molecular weight is 303 g/mol. The highest BCUT2D eigenvalue weighted by atomic mass is 32.1. The Hall–Kier alpha value is -1.66. The standard InChI is InChI=1S/C15H17N3O2S/c19-15(14-9-21-10-16-14)18-6-12-4-17(5-13(12)7-18)3-11-1-2-20-8-11/h1-2,8-10,12-13H,3-7H2/t12-,13-/m0/s1. The van der Waals surface area contributed by atoms with Gasteiger partial charge in [0.1, 0.15) is 5.69 Å². The topological polar surface area (TPSA) is 49.6 Å². The average Bonchev–Trinajstić information content (AvgIpc) is 3.23. The Balaban J connectivity index is 1.36. The van der Waals surface area contributed by atoms with Gasteiger partial charge in [0.2, 0.25) is 0 Å². The van der Waals surface area contributed by atoms with Crippen molar-refractivity contribution in [1.82, 2.24) is 14.8 Å². The minimum atomic E-state index is 0.0898. The number of nitrogens with zero attached hydrogens (tertiary/aromatic N) is 3. The molecule has 0 aromatic carbocycles. The third-order valence-corrected chi connectivity index (χ3v) is 5.07. The zero-order chi connectivity index (χ0) is 14.2. The second-order valence-electron chi connectivity index (χ2n) is 5.93. The van der Waals surface area contributed by atoms with Crippen molar-refractivity contribution in [1.29, 1.82) is 0 Å². The lowest BCUT2D eigenvalue weighted by Crippen LogP contribution is -2.33. The van der Waals surface area contributed by atoms with Gasteiger partial charge in [0.15, 0.2) is 0 Å². The van der Waals surface area contributed by atoms with Crippen molar-refractivity contribution in [3.05, 3.63) is 40.7 Å². The van der Waals surface area contributed by atoms with Crippen molar-refractivity contribution in [2.45, 2.75) is 6.54 Å². The number of furan rings is 1. The van der Waals surface area contributed by atoms with Crippen molar-refractivity contribution in [3.8, 4) is 0 Å². The summed E-state index contributed by atoms with van der Waals surface area (Å²) in [6.45, 7) is 4.81. The number of hydrogen-bond donors (Lipinski definition) is 0. The Kier molecular flexibility index (Phi) is 3.27. The SMILES string of the molecule is O=C(c1cscn1)N1C[C@@H]2CN(Cc3ccoc3)C[C@H]2C1. The molecule has 2 aliphatic rings. The van der Waals surface area contributed by atoms with Crippen molar-refractivity contribution in [2.75, 3.05) is 26.2 Å². The van der Waals surface area contributed by atoms with E-state index < -0.39 is 0 Å². The normalized spacial score (nSPS) is 25.4. The summed E-state index contributed by atoms with van der Waals surface area (Å²) in [5, 5.41) is 1.83. The monoisotopic (exact) mass is 303 g/mol. The first-order valence-corrected chi connectivity index (χ1v) is 8.15. The summed E-state index contributed by atoms with van der Waals surface area (Å²) in [4.78, 5) is 20.9. The van der Waals surface area contributed by atoms with E-state index in [4.69, 9.17) is 4.42 Å². The number of aromatic nitrogens is 1. The Morgan fingerprint density at radius 1 is 1.33 bits per heavy atom. The molecule has 0 spiro atoms. The van der Waals surface area contributed by atoms with E-state index in [9.17, 15) is 4.79 Å². The first-order chi connectivity index (χ1) is 10.3. The van der Waals surface area contributed by atoms with E-state index >= 15 is 0 Å². The molecule has 5 nitrogen and oxygen atoms in total. The molecule has 2 aliphatic heterocycles. The number of carbonyl (C=O) groups is 1. The molecule has 0 N–H and O–H groups in total. The number of carbonyl (C=O) groups excluding carboxylic acids is 1. The van der Waals surface area contributed by atoms with Crippen LogP contribution < -0.4 is 0 Å². The maximum Gasteiger partial charge on any atom is 0.273 e. The lowest BCUT2D eigenvalue weighted by Gasteiger charge is -2.20. The van der Waals surface area contributed by atoms with Crippen LogP contribution in [0.4, 0.5) is 0 Å². The van der Waals surface area contributed by atoms with Gasteiger partial charge in [-0.1, -0.05) is 0 Å². The van der Waals surface area contributed by atoms with Gasteiger partial charge in [-0.15, -0.1) is 11.3 Å². The fraction of sp³-hybridized carbons (Fsp3) is 0.467. The third-order valence-electron chi connectivity index (χ3n) is 4.49. The zero-order valence-corrected chi connectivity index (χ0v) is 12.5. The zero-order valence-electron chi connectivity index (χ0n) is 11.6. The fourth-order valence-corrected chi connectivity index (χ4v) is 4.03. The smallest absolute Gasteiger partial charge is 0.273 e. The minimum Gasteiger partial charge on any atom is -0.472 e. The number of hydrogen-bond acceptors (Lipinski definition) is 5. The molecule has 2 saturated heterocycles. The summed E-state index contributed by atoms with van der Waals surface area (Å²) in [6.07, 6.45) is 3.53. The van der Waals surface area contributed by atoms with Crippen LogP contribution >= 0.6 is 11.3 Å². The van der Waals surface area contributed by atoms with Crippen LogP contribution in [0.5, 0.6) is 0 Å². The molecule has 0 unspecified atom stereocenters. The van der Waals surface area contributed by atoms with E-state index in [1.165, 1.54) is 16.9 Å². The van der Waals surface area contributed by atoms with E-state index in [2.05, 4.69) is 9.88 Å². The van der Waals surface area contributed by atoms with Crippen LogP contribution in [0.3, 0.4) is 0 Å². The summed E-state index contributed by atoms with van der Waals surface area (Å²) in [5.74, 6) is 1.28. The van der Waals surface area contributed by atoms with Gasteiger partial charge < -0.3 is 9.32 Å². The molecular weight excluding hydrogens is 286 g/mol. The Morgan fingerprint density at radius 3 is 2.76 bits per heavy atom. The molecule has 2 fully saturated rings. The predicted molar refractivity (Wildman–Crippen MR) is 79.0 cm³/mol. The summed E-state index contributed by atoms with van der Waals surface area (Å²) in [7, 11) is 0. The number of fused-ring (bicyclic) bond motifs is 1. The van der Waals surface area contributed by atoms with Gasteiger partial charge in [-0.2, -0.15) is 0 Å². The molecule has 2 atom stereocenters. The highest BCUT2D eigenvalue weighted by Crippen LogP contribution is 2.32. The molecule has 0 radical (unpaired) electrons. The highest BCUT2D eigenvalue weighted by molar-refractivity contribution is 7.07. The van der Waals surface area contributed by atoms with Gasteiger partial charge in [0.05, 0.1) is 18.0 Å². The van der Waals surface area contributed by atoms with E-state index in [0.29, 0.717) is 17.5 Å². The van der Waals surface area contributed by atoms with Gasteiger partial charge >= 0.3 is 0 Å². The number of thiazole rings is 1. The molecule has 4 heterocycles. The molecule has 110 valence electrons. The second kappa shape index (κ2) is 5.27. The number of likely N-dealkylation sites (tertiary alicyclic amines) is 2. The van der Waals surface area contributed by atoms with Crippen molar-refractivity contribution in [3.63, 3.8) is 0 Å². The van der Waals surface area contributed by atoms with Gasteiger partial charge in [0, 0.05) is 43.7 Å². The van der Waals surface area contributed by atoms with Gasteiger partial charge in [-0.05, 0) is 17.9 Å². The van der Waals surface area contributed by atoms with Crippen LogP contribution in [0.1, 0.15) is 16.1 Å². The first kappa shape index (κ1) is 13.0. The largest absolute Gasteiger partial charge is 0.472 e. The molecule has 1 amide bonds. The van der Waals surface area contributed by atoms with Gasteiger partial charge in [-0.3, -0.25) is 9.69 Å². The van der Waals surface area contributed by atoms with Crippen LogP contribution in [0.15, 0.2) is 33.9 Å². The summed E-state index contributed by atoms with van der Waals surface area (Å²) >= 11 is 1.47. The third kappa shape index (κ3) is 2.49. The van der Waals surface area contributed by atoms with Gasteiger partial charge in [0.25, 0.3) is 5.91 Å². The lowest BCUT2D eigenvalue weighted by molar-refractivity contribution is 0.0768. The van der Waals surface area contributed by atoms with E-state index in [1.807, 2.05) is 22.6 Å². The maximum absolute atomic E-state index is 12.3. The Labute approximate surface area is 127 Å². The quantitative estimate of drug-likeness (QED) is 0.869. The lowest BCUT2D eigenvalue weighted by atomic mass is 10.0. The molecular formula is C15H17N3O2S. The second-order valence-corrected chi connectivity index (χ2v) is 6.65.